The fraction of sp³-hybridized carbons (Fsp3) is 0.188. The van der Waals surface area contributed by atoms with E-state index >= 15 is 0 Å². The average Bonchev–Trinajstić information content (AvgIpc) is 3.18. The van der Waals surface area contributed by atoms with Crippen LogP contribution in [0.4, 0.5) is 0 Å². The Bertz CT molecular complexity index is 926. The predicted octanol–water partition coefficient (Wildman–Crippen LogP) is 1.50. The minimum absolute atomic E-state index is 0.136. The molecule has 0 atom stereocenters. The molecule has 2 heterocycles. The van der Waals surface area contributed by atoms with Gasteiger partial charge in [0, 0.05) is 12.5 Å². The van der Waals surface area contributed by atoms with Crippen molar-refractivity contribution in [1.29, 1.82) is 0 Å². The molecule has 0 bridgehead atoms. The minimum atomic E-state index is -1.03. The first-order chi connectivity index (χ1) is 12.0. The van der Waals surface area contributed by atoms with Gasteiger partial charge in [-0.05, 0) is 31.2 Å². The first-order valence-electron chi connectivity index (χ1n) is 7.41. The Hall–Kier alpha value is -3.49. The largest absolute Gasteiger partial charge is 0.478 e. The molecule has 2 N–H and O–H groups in total. The molecule has 0 fully saturated rings. The van der Waals surface area contributed by atoms with Crippen LogP contribution in [0.3, 0.4) is 0 Å². The SMILES string of the molecule is Cc1nc(CNC(=O)c2ccc(-n3ncc(C(=O)O)c3C)cc2)no1. The molecule has 1 amide bonds. The molecular weight excluding hydrogens is 326 g/mol. The van der Waals surface area contributed by atoms with Crippen LogP contribution in [0, 0.1) is 13.8 Å². The summed E-state index contributed by atoms with van der Waals surface area (Å²) in [4.78, 5) is 27.2. The van der Waals surface area contributed by atoms with Crippen molar-refractivity contribution in [3.05, 3.63) is 59.0 Å². The van der Waals surface area contributed by atoms with Gasteiger partial charge in [0.15, 0.2) is 5.82 Å². The maximum absolute atomic E-state index is 12.1. The van der Waals surface area contributed by atoms with Crippen LogP contribution in [0.2, 0.25) is 0 Å². The van der Waals surface area contributed by atoms with Crippen molar-refractivity contribution in [1.82, 2.24) is 25.2 Å². The van der Waals surface area contributed by atoms with Gasteiger partial charge in [-0.15, -0.1) is 0 Å². The van der Waals surface area contributed by atoms with Crippen molar-refractivity contribution >= 4 is 11.9 Å². The number of aryl methyl sites for hydroxylation is 1. The normalized spacial score (nSPS) is 10.6. The lowest BCUT2D eigenvalue weighted by atomic mass is 10.2. The van der Waals surface area contributed by atoms with Crippen LogP contribution < -0.4 is 5.32 Å². The maximum atomic E-state index is 12.1. The van der Waals surface area contributed by atoms with Gasteiger partial charge in [-0.2, -0.15) is 10.1 Å². The highest BCUT2D eigenvalue weighted by Gasteiger charge is 2.14. The summed E-state index contributed by atoms with van der Waals surface area (Å²) in [5.74, 6) is -0.478. The zero-order valence-corrected chi connectivity index (χ0v) is 13.6. The second-order valence-electron chi connectivity index (χ2n) is 5.32. The molecule has 0 saturated heterocycles. The highest BCUT2D eigenvalue weighted by molar-refractivity contribution is 5.94. The van der Waals surface area contributed by atoms with E-state index in [1.165, 1.54) is 10.9 Å². The lowest BCUT2D eigenvalue weighted by Crippen LogP contribution is -2.23. The topological polar surface area (TPSA) is 123 Å². The van der Waals surface area contributed by atoms with Gasteiger partial charge >= 0.3 is 5.97 Å². The lowest BCUT2D eigenvalue weighted by molar-refractivity contribution is 0.0695. The number of nitrogens with one attached hydrogen (secondary N) is 1. The summed E-state index contributed by atoms with van der Waals surface area (Å²) in [6.07, 6.45) is 1.30. The number of carbonyl (C=O) groups excluding carboxylic acids is 1. The smallest absolute Gasteiger partial charge is 0.339 e. The van der Waals surface area contributed by atoms with E-state index in [4.69, 9.17) is 9.63 Å². The zero-order chi connectivity index (χ0) is 18.0. The molecule has 128 valence electrons. The number of nitrogens with zero attached hydrogens (tertiary/aromatic N) is 4. The quantitative estimate of drug-likeness (QED) is 0.720. The number of aromatic nitrogens is 4. The van der Waals surface area contributed by atoms with Crippen LogP contribution in [0.1, 0.15) is 38.1 Å². The zero-order valence-electron chi connectivity index (χ0n) is 13.6. The summed E-state index contributed by atoms with van der Waals surface area (Å²) in [5.41, 5.74) is 1.76. The minimum Gasteiger partial charge on any atom is -0.478 e. The van der Waals surface area contributed by atoms with Crippen molar-refractivity contribution in [2.45, 2.75) is 20.4 Å². The monoisotopic (exact) mass is 341 g/mol. The van der Waals surface area contributed by atoms with Crippen molar-refractivity contribution in [2.24, 2.45) is 0 Å². The molecule has 1 aromatic carbocycles. The van der Waals surface area contributed by atoms with Crippen molar-refractivity contribution in [2.75, 3.05) is 0 Å². The van der Waals surface area contributed by atoms with Gasteiger partial charge in [-0.25, -0.2) is 9.48 Å². The van der Waals surface area contributed by atoms with Gasteiger partial charge in [-0.3, -0.25) is 4.79 Å². The number of aromatic carboxylic acids is 1. The van der Waals surface area contributed by atoms with E-state index in [0.717, 1.165) is 0 Å². The molecule has 25 heavy (non-hydrogen) atoms. The van der Waals surface area contributed by atoms with Crippen molar-refractivity contribution in [3.63, 3.8) is 0 Å². The van der Waals surface area contributed by atoms with Crippen LogP contribution in [0.15, 0.2) is 35.0 Å². The van der Waals surface area contributed by atoms with E-state index in [0.29, 0.717) is 28.7 Å². The van der Waals surface area contributed by atoms with E-state index in [1.807, 2.05) is 0 Å². The van der Waals surface area contributed by atoms with Gasteiger partial charge in [0.05, 0.1) is 24.1 Å². The van der Waals surface area contributed by atoms with E-state index in [9.17, 15) is 9.59 Å². The summed E-state index contributed by atoms with van der Waals surface area (Å²) in [7, 11) is 0. The lowest BCUT2D eigenvalue weighted by Gasteiger charge is -2.07. The molecule has 0 spiro atoms. The van der Waals surface area contributed by atoms with Crippen LogP contribution in [0.25, 0.3) is 5.69 Å². The van der Waals surface area contributed by atoms with Crippen LogP contribution in [0.5, 0.6) is 0 Å². The number of amides is 1. The molecule has 0 unspecified atom stereocenters. The molecule has 0 aliphatic carbocycles. The maximum Gasteiger partial charge on any atom is 0.339 e. The Labute approximate surface area is 142 Å². The number of carbonyl (C=O) groups is 2. The molecule has 2 aromatic heterocycles. The summed E-state index contributed by atoms with van der Waals surface area (Å²) < 4.78 is 6.34. The number of benzene rings is 1. The second kappa shape index (κ2) is 6.56. The summed E-state index contributed by atoms with van der Waals surface area (Å²) in [6.45, 7) is 3.51. The van der Waals surface area contributed by atoms with Crippen molar-refractivity contribution in [3.8, 4) is 5.69 Å². The number of hydrogen-bond acceptors (Lipinski definition) is 6. The number of carboxylic acids is 1. The molecule has 0 aliphatic rings. The number of carboxylic acid groups (broad SMARTS) is 1. The van der Waals surface area contributed by atoms with Crippen molar-refractivity contribution < 1.29 is 19.2 Å². The van der Waals surface area contributed by atoms with E-state index in [-0.39, 0.29) is 18.0 Å². The van der Waals surface area contributed by atoms with Gasteiger partial charge in [-0.1, -0.05) is 5.16 Å². The Balaban J connectivity index is 1.71. The Morgan fingerprint density at radius 3 is 2.52 bits per heavy atom. The van der Waals surface area contributed by atoms with Gasteiger partial charge < -0.3 is 14.9 Å². The fourth-order valence-electron chi connectivity index (χ4n) is 2.31. The Morgan fingerprint density at radius 2 is 1.96 bits per heavy atom. The highest BCUT2D eigenvalue weighted by Crippen LogP contribution is 2.15. The summed E-state index contributed by atoms with van der Waals surface area (Å²) >= 11 is 0. The van der Waals surface area contributed by atoms with E-state index < -0.39 is 5.97 Å². The molecule has 3 aromatic rings. The number of hydrogen-bond donors (Lipinski definition) is 2. The first-order valence-corrected chi connectivity index (χ1v) is 7.41. The van der Waals surface area contributed by atoms with Gasteiger partial charge in [0.25, 0.3) is 5.91 Å². The Kier molecular flexibility index (Phi) is 4.29. The molecule has 0 radical (unpaired) electrons. The fourth-order valence-corrected chi connectivity index (χ4v) is 2.31. The molecule has 9 heteroatoms. The van der Waals surface area contributed by atoms with Crippen LogP contribution in [-0.4, -0.2) is 36.9 Å². The predicted molar refractivity (Wildman–Crippen MR) is 85.5 cm³/mol. The van der Waals surface area contributed by atoms with Gasteiger partial charge in [0.1, 0.15) is 5.56 Å². The molecular formula is C16H15N5O4. The third-order valence-corrected chi connectivity index (χ3v) is 3.59. The van der Waals surface area contributed by atoms with Crippen LogP contribution in [-0.2, 0) is 6.54 Å². The second-order valence-corrected chi connectivity index (χ2v) is 5.32. The molecule has 9 nitrogen and oxygen atoms in total. The standard InChI is InChI=1S/C16H15N5O4/c1-9-13(16(23)24)7-18-21(9)12-5-3-11(4-6-12)15(22)17-8-14-19-10(2)25-20-14/h3-7H,8H2,1-2H3,(H,17,22)(H,23,24). The van der Waals surface area contributed by atoms with Crippen LogP contribution >= 0.6 is 0 Å². The van der Waals surface area contributed by atoms with E-state index in [2.05, 4.69) is 20.6 Å². The third kappa shape index (κ3) is 3.39. The average molecular weight is 341 g/mol. The number of rotatable bonds is 5. The summed E-state index contributed by atoms with van der Waals surface area (Å²) in [5, 5.41) is 19.5. The van der Waals surface area contributed by atoms with Gasteiger partial charge in [0.2, 0.25) is 5.89 Å². The Morgan fingerprint density at radius 1 is 1.24 bits per heavy atom. The molecule has 0 saturated carbocycles. The highest BCUT2D eigenvalue weighted by atomic mass is 16.5. The van der Waals surface area contributed by atoms with E-state index in [1.54, 1.807) is 38.1 Å². The summed E-state index contributed by atoms with van der Waals surface area (Å²) in [6, 6.07) is 6.65. The first kappa shape index (κ1) is 16.4. The molecule has 3 rings (SSSR count). The molecule has 0 aliphatic heterocycles. The third-order valence-electron chi connectivity index (χ3n) is 3.59.